The Bertz CT molecular complexity index is 327. The molecular formula is C24H43N. The van der Waals surface area contributed by atoms with E-state index < -0.39 is 0 Å². The topological polar surface area (TPSA) is 3.24 Å². The quantitative estimate of drug-likeness (QED) is 0.186. The minimum Gasteiger partial charge on any atom is -0.296 e. The molecule has 0 radical (unpaired) electrons. The Labute approximate surface area is 158 Å². The van der Waals surface area contributed by atoms with Crippen molar-refractivity contribution >= 4 is 0 Å². The van der Waals surface area contributed by atoms with Crippen LogP contribution in [0, 0.1) is 5.92 Å². The molecule has 0 aromatic heterocycles. The standard InChI is InChI=1S/C24H43N/c1-5-9-12-14-16-18-21-25(22-19-17-15-13-10-6-2)23-24(8-4)20-11-7-3/h5-6,16-19,24H,1-2,7-15,20-23H2,3-4H3. The number of allylic oxidation sites excluding steroid dienone is 4. The summed E-state index contributed by atoms with van der Waals surface area (Å²) in [6, 6.07) is 0. The van der Waals surface area contributed by atoms with E-state index in [0.29, 0.717) is 0 Å². The maximum absolute atomic E-state index is 3.79. The van der Waals surface area contributed by atoms with Crippen molar-refractivity contribution in [3.63, 3.8) is 0 Å². The molecule has 1 unspecified atom stereocenters. The van der Waals surface area contributed by atoms with Gasteiger partial charge in [-0.2, -0.15) is 0 Å². The van der Waals surface area contributed by atoms with E-state index in [-0.39, 0.29) is 0 Å². The number of hydrogen-bond donors (Lipinski definition) is 0. The molecule has 0 amide bonds. The van der Waals surface area contributed by atoms with E-state index >= 15 is 0 Å². The van der Waals surface area contributed by atoms with Crippen LogP contribution in [0.2, 0.25) is 0 Å². The van der Waals surface area contributed by atoms with Gasteiger partial charge in [0.15, 0.2) is 0 Å². The highest BCUT2D eigenvalue weighted by atomic mass is 15.1. The van der Waals surface area contributed by atoms with Crippen molar-refractivity contribution in [2.75, 3.05) is 19.6 Å². The van der Waals surface area contributed by atoms with Crippen molar-refractivity contribution < 1.29 is 0 Å². The molecule has 0 aromatic carbocycles. The second-order valence-electron chi connectivity index (χ2n) is 7.02. The zero-order valence-corrected chi connectivity index (χ0v) is 17.1. The summed E-state index contributed by atoms with van der Waals surface area (Å²) in [5.41, 5.74) is 0. The molecule has 0 rings (SSSR count). The lowest BCUT2D eigenvalue weighted by Gasteiger charge is -2.25. The molecule has 0 bridgehead atoms. The lowest BCUT2D eigenvalue weighted by Crippen LogP contribution is -2.30. The fourth-order valence-electron chi connectivity index (χ4n) is 2.95. The average Bonchev–Trinajstić information content (AvgIpc) is 2.63. The maximum atomic E-state index is 3.79. The fraction of sp³-hybridized carbons (Fsp3) is 0.667. The molecule has 0 N–H and O–H groups in total. The average molecular weight is 346 g/mol. The smallest absolute Gasteiger partial charge is 0.0166 e. The van der Waals surface area contributed by atoms with Crippen molar-refractivity contribution in [1.82, 2.24) is 4.90 Å². The van der Waals surface area contributed by atoms with Crippen molar-refractivity contribution in [3.05, 3.63) is 49.6 Å². The number of rotatable bonds is 18. The Morgan fingerprint density at radius 3 is 1.76 bits per heavy atom. The van der Waals surface area contributed by atoms with Gasteiger partial charge in [0.1, 0.15) is 0 Å². The lowest BCUT2D eigenvalue weighted by atomic mass is 9.98. The van der Waals surface area contributed by atoms with Crippen LogP contribution < -0.4 is 0 Å². The molecule has 0 saturated carbocycles. The lowest BCUT2D eigenvalue weighted by molar-refractivity contribution is 0.258. The van der Waals surface area contributed by atoms with E-state index in [9.17, 15) is 0 Å². The summed E-state index contributed by atoms with van der Waals surface area (Å²) in [6.45, 7) is 15.6. The van der Waals surface area contributed by atoms with Crippen LogP contribution >= 0.6 is 0 Å². The summed E-state index contributed by atoms with van der Waals surface area (Å²) in [7, 11) is 0. The summed E-state index contributed by atoms with van der Waals surface area (Å²) in [5.74, 6) is 0.836. The summed E-state index contributed by atoms with van der Waals surface area (Å²) < 4.78 is 0. The minimum absolute atomic E-state index is 0.836. The Morgan fingerprint density at radius 2 is 1.32 bits per heavy atom. The van der Waals surface area contributed by atoms with Gasteiger partial charge in [0.25, 0.3) is 0 Å². The van der Waals surface area contributed by atoms with Crippen LogP contribution in [-0.2, 0) is 0 Å². The normalized spacial score (nSPS) is 13.1. The van der Waals surface area contributed by atoms with Crippen LogP contribution in [0.25, 0.3) is 0 Å². The minimum atomic E-state index is 0.836. The van der Waals surface area contributed by atoms with E-state index in [0.717, 1.165) is 31.8 Å². The highest BCUT2D eigenvalue weighted by Gasteiger charge is 2.10. The molecule has 0 aliphatic heterocycles. The van der Waals surface area contributed by atoms with Gasteiger partial charge < -0.3 is 0 Å². The zero-order valence-electron chi connectivity index (χ0n) is 17.1. The molecule has 1 atom stereocenters. The van der Waals surface area contributed by atoms with Gasteiger partial charge in [-0.05, 0) is 50.9 Å². The Balaban J connectivity index is 4.36. The largest absolute Gasteiger partial charge is 0.296 e. The summed E-state index contributed by atoms with van der Waals surface area (Å²) in [5, 5.41) is 0. The molecule has 0 aromatic rings. The summed E-state index contributed by atoms with van der Waals surface area (Å²) in [4.78, 5) is 2.61. The summed E-state index contributed by atoms with van der Waals surface area (Å²) in [6.07, 6.45) is 25.8. The van der Waals surface area contributed by atoms with Crippen molar-refractivity contribution in [1.29, 1.82) is 0 Å². The number of unbranched alkanes of at least 4 members (excludes halogenated alkanes) is 5. The van der Waals surface area contributed by atoms with Crippen molar-refractivity contribution in [2.24, 2.45) is 5.92 Å². The third-order valence-corrected chi connectivity index (χ3v) is 4.68. The van der Waals surface area contributed by atoms with Crippen LogP contribution in [0.3, 0.4) is 0 Å². The van der Waals surface area contributed by atoms with Gasteiger partial charge in [-0.25, -0.2) is 0 Å². The van der Waals surface area contributed by atoms with Gasteiger partial charge in [0, 0.05) is 19.6 Å². The van der Waals surface area contributed by atoms with Crippen LogP contribution in [0.1, 0.15) is 78.1 Å². The summed E-state index contributed by atoms with van der Waals surface area (Å²) >= 11 is 0. The van der Waals surface area contributed by atoms with E-state index in [4.69, 9.17) is 0 Å². The van der Waals surface area contributed by atoms with E-state index in [2.05, 4.69) is 56.2 Å². The van der Waals surface area contributed by atoms with Crippen LogP contribution in [-0.4, -0.2) is 24.5 Å². The highest BCUT2D eigenvalue weighted by Crippen LogP contribution is 2.14. The Hall–Kier alpha value is -1.08. The van der Waals surface area contributed by atoms with E-state index in [1.807, 2.05) is 12.2 Å². The van der Waals surface area contributed by atoms with Crippen LogP contribution in [0.5, 0.6) is 0 Å². The first-order valence-corrected chi connectivity index (χ1v) is 10.5. The monoisotopic (exact) mass is 345 g/mol. The molecule has 0 heterocycles. The highest BCUT2D eigenvalue weighted by molar-refractivity contribution is 4.91. The molecule has 0 saturated heterocycles. The Kier molecular flexibility index (Phi) is 18.4. The van der Waals surface area contributed by atoms with Crippen LogP contribution in [0.15, 0.2) is 49.6 Å². The molecule has 1 heteroatoms. The van der Waals surface area contributed by atoms with E-state index in [1.165, 1.54) is 57.9 Å². The van der Waals surface area contributed by atoms with Gasteiger partial charge in [0.2, 0.25) is 0 Å². The van der Waals surface area contributed by atoms with Crippen molar-refractivity contribution in [3.8, 4) is 0 Å². The predicted octanol–water partition coefficient (Wildman–Crippen LogP) is 7.33. The first kappa shape index (κ1) is 23.9. The molecule has 25 heavy (non-hydrogen) atoms. The molecule has 144 valence electrons. The molecule has 0 spiro atoms. The molecule has 0 aliphatic carbocycles. The molecule has 0 fully saturated rings. The fourth-order valence-corrected chi connectivity index (χ4v) is 2.95. The number of hydrogen-bond acceptors (Lipinski definition) is 1. The van der Waals surface area contributed by atoms with Gasteiger partial charge in [-0.3, -0.25) is 4.90 Å². The molecule has 0 aliphatic rings. The van der Waals surface area contributed by atoms with Gasteiger partial charge in [0.05, 0.1) is 0 Å². The van der Waals surface area contributed by atoms with Gasteiger partial charge in [-0.1, -0.05) is 69.6 Å². The second kappa shape index (κ2) is 19.2. The maximum Gasteiger partial charge on any atom is 0.0166 e. The van der Waals surface area contributed by atoms with E-state index in [1.54, 1.807) is 0 Å². The third-order valence-electron chi connectivity index (χ3n) is 4.68. The number of nitrogens with zero attached hydrogens (tertiary/aromatic N) is 1. The first-order valence-electron chi connectivity index (χ1n) is 10.5. The molecular weight excluding hydrogens is 302 g/mol. The SMILES string of the molecule is C=CCCCC=CCN(CC=CCCCC=C)CC(CC)CCCC. The first-order chi connectivity index (χ1) is 12.3. The van der Waals surface area contributed by atoms with Crippen molar-refractivity contribution in [2.45, 2.75) is 78.1 Å². The Morgan fingerprint density at radius 1 is 0.760 bits per heavy atom. The predicted molar refractivity (Wildman–Crippen MR) is 116 cm³/mol. The second-order valence-corrected chi connectivity index (χ2v) is 7.02. The zero-order chi connectivity index (χ0) is 18.6. The third kappa shape index (κ3) is 16.2. The van der Waals surface area contributed by atoms with Gasteiger partial charge >= 0.3 is 0 Å². The molecule has 1 nitrogen and oxygen atoms in total. The van der Waals surface area contributed by atoms with Crippen LogP contribution in [0.4, 0.5) is 0 Å². The van der Waals surface area contributed by atoms with Gasteiger partial charge in [-0.15, -0.1) is 13.2 Å².